The summed E-state index contributed by atoms with van der Waals surface area (Å²) in [6.07, 6.45) is 0.167. The summed E-state index contributed by atoms with van der Waals surface area (Å²) in [6, 6.07) is -0.470. The maximum absolute atomic E-state index is 11.5. The number of ether oxygens (including phenoxy) is 2. The summed E-state index contributed by atoms with van der Waals surface area (Å²) in [6.45, 7) is 6.37. The van der Waals surface area contributed by atoms with Crippen molar-refractivity contribution >= 4 is 6.09 Å². The summed E-state index contributed by atoms with van der Waals surface area (Å²) in [5.41, 5.74) is 6.51. The second-order valence-corrected chi connectivity index (χ2v) is 4.81. The number of hydrogen-bond donors (Lipinski definition) is 2. The van der Waals surface area contributed by atoms with Gasteiger partial charge in [0.1, 0.15) is 5.60 Å². The van der Waals surface area contributed by atoms with Crippen molar-refractivity contribution < 1.29 is 14.3 Å². The Morgan fingerprint density at radius 2 is 2.25 bits per heavy atom. The number of hydrogen-bond acceptors (Lipinski definition) is 5. The van der Waals surface area contributed by atoms with E-state index in [4.69, 9.17) is 15.0 Å². The zero-order chi connectivity index (χ0) is 12.2. The van der Waals surface area contributed by atoms with Crippen LogP contribution >= 0.6 is 0 Å². The van der Waals surface area contributed by atoms with Crippen LogP contribution in [0.1, 0.15) is 27.2 Å². The van der Waals surface area contributed by atoms with E-state index < -0.39 is 11.7 Å². The summed E-state index contributed by atoms with van der Waals surface area (Å²) < 4.78 is 10.4. The minimum atomic E-state index is -0.521. The third-order valence-electron chi connectivity index (χ3n) is 2.19. The minimum absolute atomic E-state index is 0.207. The number of carbonyl (C=O) groups is 1. The lowest BCUT2D eigenvalue weighted by Crippen LogP contribution is -2.49. The SMILES string of the molecule is CC(C)(C)OC(=O)N[C@H]1COCC[C@H]1N=N. The Morgan fingerprint density at radius 1 is 1.56 bits per heavy atom. The van der Waals surface area contributed by atoms with Crippen LogP contribution in [0.3, 0.4) is 0 Å². The molecule has 0 aromatic rings. The van der Waals surface area contributed by atoms with Gasteiger partial charge in [0.25, 0.3) is 0 Å². The van der Waals surface area contributed by atoms with Crippen molar-refractivity contribution in [1.29, 1.82) is 5.53 Å². The molecule has 1 aliphatic rings. The van der Waals surface area contributed by atoms with E-state index >= 15 is 0 Å². The Morgan fingerprint density at radius 3 is 2.81 bits per heavy atom. The minimum Gasteiger partial charge on any atom is -0.444 e. The van der Waals surface area contributed by atoms with Crippen LogP contribution in [0.4, 0.5) is 4.79 Å². The van der Waals surface area contributed by atoms with E-state index in [1.54, 1.807) is 20.8 Å². The fraction of sp³-hybridized carbons (Fsp3) is 0.900. The first-order chi connectivity index (χ1) is 7.42. The summed E-state index contributed by atoms with van der Waals surface area (Å²) in [5, 5.41) is 6.15. The molecule has 1 rings (SSSR count). The summed E-state index contributed by atoms with van der Waals surface area (Å²) in [5.74, 6) is 0. The summed E-state index contributed by atoms with van der Waals surface area (Å²) in [4.78, 5) is 11.5. The van der Waals surface area contributed by atoms with E-state index in [9.17, 15) is 4.79 Å². The van der Waals surface area contributed by atoms with E-state index in [0.717, 1.165) is 0 Å². The number of rotatable bonds is 2. The maximum atomic E-state index is 11.5. The van der Waals surface area contributed by atoms with Crippen molar-refractivity contribution in [2.45, 2.75) is 44.9 Å². The van der Waals surface area contributed by atoms with Crippen molar-refractivity contribution in [1.82, 2.24) is 5.32 Å². The molecule has 1 fully saturated rings. The average molecular weight is 229 g/mol. The Bertz CT molecular complexity index is 263. The molecule has 0 spiro atoms. The Balaban J connectivity index is 2.45. The first kappa shape index (κ1) is 12.9. The number of alkyl carbamates (subject to hydrolysis) is 1. The van der Waals surface area contributed by atoms with Crippen molar-refractivity contribution in [3.8, 4) is 0 Å². The third kappa shape index (κ3) is 4.14. The van der Waals surface area contributed by atoms with Crippen molar-refractivity contribution in [2.75, 3.05) is 13.2 Å². The lowest BCUT2D eigenvalue weighted by molar-refractivity contribution is 0.0292. The lowest BCUT2D eigenvalue weighted by Gasteiger charge is -2.29. The number of amides is 1. The van der Waals surface area contributed by atoms with Crippen LogP contribution in [0.25, 0.3) is 0 Å². The molecule has 1 heterocycles. The zero-order valence-corrected chi connectivity index (χ0v) is 9.95. The molecule has 6 heteroatoms. The molecule has 2 N–H and O–H groups in total. The fourth-order valence-corrected chi connectivity index (χ4v) is 1.48. The summed E-state index contributed by atoms with van der Waals surface area (Å²) in [7, 11) is 0. The van der Waals surface area contributed by atoms with Gasteiger partial charge in [0.2, 0.25) is 0 Å². The zero-order valence-electron chi connectivity index (χ0n) is 9.95. The highest BCUT2D eigenvalue weighted by Gasteiger charge is 2.28. The molecule has 16 heavy (non-hydrogen) atoms. The van der Waals surface area contributed by atoms with Gasteiger partial charge < -0.3 is 14.8 Å². The molecule has 0 radical (unpaired) electrons. The van der Waals surface area contributed by atoms with Crippen LogP contribution in [0, 0.1) is 5.53 Å². The Hall–Kier alpha value is -1.17. The molecule has 0 aromatic carbocycles. The van der Waals surface area contributed by atoms with Gasteiger partial charge in [-0.05, 0) is 27.2 Å². The average Bonchev–Trinajstić information content (AvgIpc) is 2.15. The van der Waals surface area contributed by atoms with Gasteiger partial charge in [-0.1, -0.05) is 0 Å². The van der Waals surface area contributed by atoms with Crippen molar-refractivity contribution in [2.24, 2.45) is 5.11 Å². The molecular formula is C10H19N3O3. The highest BCUT2D eigenvalue weighted by Crippen LogP contribution is 2.13. The van der Waals surface area contributed by atoms with Gasteiger partial charge >= 0.3 is 6.09 Å². The number of nitrogens with zero attached hydrogens (tertiary/aromatic N) is 1. The van der Waals surface area contributed by atoms with Crippen LogP contribution in [-0.2, 0) is 9.47 Å². The fourth-order valence-electron chi connectivity index (χ4n) is 1.48. The van der Waals surface area contributed by atoms with Gasteiger partial charge in [-0.25, -0.2) is 10.3 Å². The topological polar surface area (TPSA) is 83.8 Å². The van der Waals surface area contributed by atoms with Crippen LogP contribution in [0.5, 0.6) is 0 Å². The molecule has 1 saturated heterocycles. The molecule has 0 aromatic heterocycles. The van der Waals surface area contributed by atoms with Gasteiger partial charge in [0, 0.05) is 6.61 Å². The lowest BCUT2D eigenvalue weighted by atomic mass is 10.1. The molecule has 0 bridgehead atoms. The van der Waals surface area contributed by atoms with Gasteiger partial charge in [-0.15, -0.1) is 0 Å². The van der Waals surface area contributed by atoms with E-state index in [0.29, 0.717) is 19.6 Å². The van der Waals surface area contributed by atoms with Crippen LogP contribution < -0.4 is 5.32 Å². The summed E-state index contributed by atoms with van der Waals surface area (Å²) >= 11 is 0. The van der Waals surface area contributed by atoms with Crippen LogP contribution in [-0.4, -0.2) is 37.0 Å². The van der Waals surface area contributed by atoms with Gasteiger partial charge in [-0.3, -0.25) is 0 Å². The maximum Gasteiger partial charge on any atom is 0.408 e. The largest absolute Gasteiger partial charge is 0.444 e. The standard InChI is InChI=1S/C10H19N3O3/c1-10(2,3)16-9(14)12-8-6-15-5-4-7(8)13-11/h7-8,11H,4-6H2,1-3H3,(H,12,14)/t7-,8+/m1/s1. The molecule has 1 aliphatic heterocycles. The van der Waals surface area contributed by atoms with E-state index in [1.807, 2.05) is 0 Å². The van der Waals surface area contributed by atoms with Crippen molar-refractivity contribution in [3.05, 3.63) is 0 Å². The quantitative estimate of drug-likeness (QED) is 0.707. The molecule has 0 unspecified atom stereocenters. The number of carbonyl (C=O) groups excluding carboxylic acids is 1. The predicted molar refractivity (Wildman–Crippen MR) is 57.5 cm³/mol. The van der Waals surface area contributed by atoms with E-state index in [-0.39, 0.29) is 12.1 Å². The molecular weight excluding hydrogens is 210 g/mol. The van der Waals surface area contributed by atoms with Crippen molar-refractivity contribution in [3.63, 3.8) is 0 Å². The molecule has 2 atom stereocenters. The highest BCUT2D eigenvalue weighted by atomic mass is 16.6. The number of nitrogens with one attached hydrogen (secondary N) is 2. The molecule has 0 aliphatic carbocycles. The smallest absolute Gasteiger partial charge is 0.408 e. The first-order valence-corrected chi connectivity index (χ1v) is 5.36. The molecule has 0 saturated carbocycles. The molecule has 6 nitrogen and oxygen atoms in total. The second-order valence-electron chi connectivity index (χ2n) is 4.81. The van der Waals surface area contributed by atoms with Gasteiger partial charge in [0.05, 0.1) is 18.7 Å². The second kappa shape index (κ2) is 5.25. The van der Waals surface area contributed by atoms with Gasteiger partial charge in [-0.2, -0.15) is 5.11 Å². The van der Waals surface area contributed by atoms with Gasteiger partial charge in [0.15, 0.2) is 0 Å². The normalized spacial score (nSPS) is 25.9. The predicted octanol–water partition coefficient (Wildman–Crippen LogP) is 1.70. The molecule has 92 valence electrons. The monoisotopic (exact) mass is 229 g/mol. The Labute approximate surface area is 95.2 Å². The molecule has 1 amide bonds. The van der Waals surface area contributed by atoms with Crippen LogP contribution in [0.15, 0.2) is 5.11 Å². The third-order valence-corrected chi connectivity index (χ3v) is 2.19. The van der Waals surface area contributed by atoms with E-state index in [1.165, 1.54) is 0 Å². The first-order valence-electron chi connectivity index (χ1n) is 5.36. The van der Waals surface area contributed by atoms with E-state index in [2.05, 4.69) is 10.4 Å². The van der Waals surface area contributed by atoms with Crippen LogP contribution in [0.2, 0.25) is 0 Å². The Kier molecular flexibility index (Phi) is 4.23. The highest BCUT2D eigenvalue weighted by molar-refractivity contribution is 5.68.